The van der Waals surface area contributed by atoms with Crippen LogP contribution in [0.3, 0.4) is 0 Å². The number of nitrogens with one attached hydrogen (secondary N) is 4. The smallest absolute Gasteiger partial charge is 0.407 e. The van der Waals surface area contributed by atoms with E-state index in [0.717, 1.165) is 56.1 Å². The Morgan fingerprint density at radius 3 is 1.87 bits per heavy atom. The third-order valence-corrected chi connectivity index (χ3v) is 10.5. The van der Waals surface area contributed by atoms with Gasteiger partial charge >= 0.3 is 12.1 Å². The van der Waals surface area contributed by atoms with Crippen LogP contribution in [0.2, 0.25) is 0 Å². The molecule has 11 nitrogen and oxygen atoms in total. The second-order valence-electron chi connectivity index (χ2n) is 15.7. The van der Waals surface area contributed by atoms with Crippen LogP contribution in [0.25, 0.3) is 0 Å². The van der Waals surface area contributed by atoms with E-state index in [0.29, 0.717) is 25.7 Å². The molecule has 2 aliphatic rings. The largest absolute Gasteiger partial charge is 0.467 e. The number of hydrogen-bond donors (Lipinski definition) is 4. The Morgan fingerprint density at radius 1 is 0.717 bits per heavy atom. The lowest BCUT2D eigenvalue weighted by atomic mass is 9.75. The minimum Gasteiger partial charge on any atom is -0.467 e. The maximum atomic E-state index is 14.2. The lowest BCUT2D eigenvalue weighted by Gasteiger charge is -2.37. The molecule has 4 rings (SSSR count). The molecule has 53 heavy (non-hydrogen) atoms. The van der Waals surface area contributed by atoms with Crippen molar-refractivity contribution in [3.05, 3.63) is 71.8 Å². The van der Waals surface area contributed by atoms with E-state index in [1.165, 1.54) is 7.11 Å². The number of methoxy groups -OCH3 is 1. The highest BCUT2D eigenvalue weighted by Crippen LogP contribution is 2.33. The quantitative estimate of drug-likeness (QED) is 0.169. The minimum atomic E-state index is -0.842. The monoisotopic (exact) mass is 732 g/mol. The zero-order valence-corrected chi connectivity index (χ0v) is 32.2. The summed E-state index contributed by atoms with van der Waals surface area (Å²) in [6.45, 7) is 7.44. The summed E-state index contributed by atoms with van der Waals surface area (Å²) in [5.41, 5.74) is 1.18. The third kappa shape index (κ3) is 13.2. The van der Waals surface area contributed by atoms with Crippen molar-refractivity contribution in [3.63, 3.8) is 0 Å². The fourth-order valence-electron chi connectivity index (χ4n) is 7.90. The molecule has 7 unspecified atom stereocenters. The average Bonchev–Trinajstić information content (AvgIpc) is 3.12. The standard InChI is InChI=1S/C42H60N4O7/c1-6-31(32-22-14-16-24-34(32)46-41(51)53-42(2,3)4)38(48)45-35(25-28-17-9-7-10-18-28)39(49)44-33-23-15-13-21-30(33)27-37(47)43-36(40(50)52-5)26-29-19-11-8-12-20-29/h7-12,17-20,30-36H,6,13-16,21-27H2,1-5H3,(H,43,47)(H,44,49)(H,45,48)(H,46,51). The van der Waals surface area contributed by atoms with Crippen molar-refractivity contribution < 1.29 is 33.4 Å². The first-order valence-corrected chi connectivity index (χ1v) is 19.4. The van der Waals surface area contributed by atoms with Crippen molar-refractivity contribution in [2.24, 2.45) is 17.8 Å². The molecule has 2 saturated carbocycles. The van der Waals surface area contributed by atoms with E-state index in [9.17, 15) is 24.0 Å². The Labute approximate surface area is 315 Å². The molecule has 2 fully saturated rings. The number of amides is 4. The van der Waals surface area contributed by atoms with Gasteiger partial charge in [-0.25, -0.2) is 9.59 Å². The molecule has 2 aromatic carbocycles. The molecule has 290 valence electrons. The van der Waals surface area contributed by atoms with Gasteiger partial charge in [0.1, 0.15) is 17.7 Å². The fourth-order valence-corrected chi connectivity index (χ4v) is 7.90. The second kappa shape index (κ2) is 20.2. The van der Waals surface area contributed by atoms with E-state index in [4.69, 9.17) is 9.47 Å². The van der Waals surface area contributed by atoms with Gasteiger partial charge in [-0.2, -0.15) is 0 Å². The third-order valence-electron chi connectivity index (χ3n) is 10.5. The van der Waals surface area contributed by atoms with E-state index in [1.54, 1.807) is 0 Å². The molecule has 2 aromatic rings. The highest BCUT2D eigenvalue weighted by molar-refractivity contribution is 5.89. The Kier molecular flexibility index (Phi) is 15.7. The molecule has 4 N–H and O–H groups in total. The van der Waals surface area contributed by atoms with Gasteiger partial charge in [-0.15, -0.1) is 0 Å². The van der Waals surface area contributed by atoms with E-state index in [1.807, 2.05) is 88.4 Å². The van der Waals surface area contributed by atoms with Crippen molar-refractivity contribution in [1.29, 1.82) is 0 Å². The molecule has 0 aliphatic heterocycles. The number of ether oxygens (including phenoxy) is 2. The van der Waals surface area contributed by atoms with E-state index in [-0.39, 0.29) is 48.1 Å². The maximum Gasteiger partial charge on any atom is 0.407 e. The second-order valence-corrected chi connectivity index (χ2v) is 15.7. The summed E-state index contributed by atoms with van der Waals surface area (Å²) >= 11 is 0. The summed E-state index contributed by atoms with van der Waals surface area (Å²) in [6.07, 6.45) is 7.57. The summed E-state index contributed by atoms with van der Waals surface area (Å²) < 4.78 is 10.5. The summed E-state index contributed by atoms with van der Waals surface area (Å²) in [5, 5.41) is 12.3. The van der Waals surface area contributed by atoms with Crippen LogP contribution < -0.4 is 21.3 Å². The van der Waals surface area contributed by atoms with Crippen LogP contribution >= 0.6 is 0 Å². The van der Waals surface area contributed by atoms with Gasteiger partial charge in [-0.05, 0) is 75.8 Å². The summed E-state index contributed by atoms with van der Waals surface area (Å²) in [7, 11) is 1.31. The zero-order valence-electron chi connectivity index (χ0n) is 32.2. The van der Waals surface area contributed by atoms with Crippen molar-refractivity contribution in [2.45, 2.75) is 135 Å². The first kappa shape index (κ1) is 41.3. The Bertz CT molecular complexity index is 1500. The molecule has 0 aromatic heterocycles. The van der Waals surface area contributed by atoms with Crippen LogP contribution in [0.5, 0.6) is 0 Å². The molecule has 2 aliphatic carbocycles. The number of rotatable bonds is 15. The van der Waals surface area contributed by atoms with Crippen molar-refractivity contribution in [1.82, 2.24) is 21.3 Å². The van der Waals surface area contributed by atoms with Crippen molar-refractivity contribution in [2.75, 3.05) is 7.11 Å². The molecule has 7 atom stereocenters. The molecule has 11 heteroatoms. The Morgan fingerprint density at radius 2 is 1.28 bits per heavy atom. The predicted molar refractivity (Wildman–Crippen MR) is 204 cm³/mol. The number of carbonyl (C=O) groups is 5. The molecule has 4 amide bonds. The highest BCUT2D eigenvalue weighted by Gasteiger charge is 2.38. The normalized spacial score (nSPS) is 21.9. The Hall–Kier alpha value is -4.41. The van der Waals surface area contributed by atoms with E-state index < -0.39 is 35.7 Å². The summed E-state index contributed by atoms with van der Waals surface area (Å²) in [5.74, 6) is -1.94. The maximum absolute atomic E-state index is 14.2. The molecular weight excluding hydrogens is 672 g/mol. The first-order chi connectivity index (χ1) is 25.4. The van der Waals surface area contributed by atoms with Crippen LogP contribution in [-0.4, -0.2) is 66.7 Å². The van der Waals surface area contributed by atoms with Gasteiger partial charge in [0.2, 0.25) is 17.7 Å². The van der Waals surface area contributed by atoms with Crippen molar-refractivity contribution >= 4 is 29.8 Å². The lowest BCUT2D eigenvalue weighted by Crippen LogP contribution is -2.55. The van der Waals surface area contributed by atoms with Crippen LogP contribution in [0.1, 0.15) is 103 Å². The number of hydrogen-bond acceptors (Lipinski definition) is 7. The first-order valence-electron chi connectivity index (χ1n) is 19.4. The van der Waals surface area contributed by atoms with Gasteiger partial charge in [0.25, 0.3) is 0 Å². The van der Waals surface area contributed by atoms with Crippen molar-refractivity contribution in [3.8, 4) is 0 Å². The number of benzene rings is 2. The van der Waals surface area contributed by atoms with Gasteiger partial charge in [-0.1, -0.05) is 93.3 Å². The number of alkyl carbamates (subject to hydrolysis) is 1. The summed E-state index contributed by atoms with van der Waals surface area (Å²) in [4.78, 5) is 67.0. The molecule has 0 bridgehead atoms. The van der Waals surface area contributed by atoms with Crippen LogP contribution in [0.4, 0.5) is 4.79 Å². The van der Waals surface area contributed by atoms with Gasteiger partial charge in [0, 0.05) is 37.3 Å². The summed E-state index contributed by atoms with van der Waals surface area (Å²) in [6, 6.07) is 16.9. The molecule has 0 radical (unpaired) electrons. The van der Waals surface area contributed by atoms with E-state index >= 15 is 0 Å². The van der Waals surface area contributed by atoms with E-state index in [2.05, 4.69) is 21.3 Å². The van der Waals surface area contributed by atoms with Gasteiger partial charge < -0.3 is 30.7 Å². The number of esters is 1. The van der Waals surface area contributed by atoms with Crippen LogP contribution in [0.15, 0.2) is 60.7 Å². The van der Waals surface area contributed by atoms with Crippen LogP contribution in [0, 0.1) is 17.8 Å². The minimum absolute atomic E-state index is 0.0985. The van der Waals surface area contributed by atoms with Gasteiger partial charge in [0.05, 0.1) is 7.11 Å². The highest BCUT2D eigenvalue weighted by atomic mass is 16.6. The lowest BCUT2D eigenvalue weighted by molar-refractivity contribution is -0.145. The molecule has 0 saturated heterocycles. The average molecular weight is 733 g/mol. The topological polar surface area (TPSA) is 152 Å². The molecular formula is C42H60N4O7. The zero-order chi connectivity index (χ0) is 38.4. The molecule has 0 heterocycles. The van der Waals surface area contributed by atoms with Gasteiger partial charge in [0.15, 0.2) is 0 Å². The number of carbonyl (C=O) groups excluding carboxylic acids is 5. The SMILES string of the molecule is CCC(C(=O)NC(Cc1ccccc1)C(=O)NC1CCCCC1CC(=O)NC(Cc1ccccc1)C(=O)OC)C1CCCCC1NC(=O)OC(C)(C)C. The van der Waals surface area contributed by atoms with Crippen LogP contribution in [-0.2, 0) is 41.5 Å². The van der Waals surface area contributed by atoms with Gasteiger partial charge in [-0.3, -0.25) is 14.4 Å². The Balaban J connectivity index is 1.45. The molecule has 0 spiro atoms. The fraction of sp³-hybridized carbons (Fsp3) is 0.595. The predicted octanol–water partition coefficient (Wildman–Crippen LogP) is 5.79.